The second-order valence-electron chi connectivity index (χ2n) is 8.47. The first kappa shape index (κ1) is 13.8. The van der Waals surface area contributed by atoms with E-state index < -0.39 is 0 Å². The van der Waals surface area contributed by atoms with Crippen LogP contribution >= 0.6 is 0 Å². The van der Waals surface area contributed by atoms with Gasteiger partial charge in [-0.25, -0.2) is 0 Å². The van der Waals surface area contributed by atoms with Gasteiger partial charge in [-0.05, 0) is 43.6 Å². The zero-order chi connectivity index (χ0) is 15.9. The standard InChI is InChI=1S/C22H25N/c1-4-22-14-15(22)13-20(2)16-9-5-6-10-17(16)21(3,23-20)18-11-7-8-12-19(18)22/h5-12,15,23H,4,13-14H2,1-3H3/p+1. The highest BCUT2D eigenvalue weighted by atomic mass is 15.1. The summed E-state index contributed by atoms with van der Waals surface area (Å²) in [7, 11) is 0. The van der Waals surface area contributed by atoms with Crippen molar-refractivity contribution in [1.29, 1.82) is 0 Å². The van der Waals surface area contributed by atoms with Gasteiger partial charge in [-0.1, -0.05) is 55.5 Å². The molecule has 1 saturated carbocycles. The molecule has 0 spiro atoms. The minimum atomic E-state index is 0.0532. The van der Waals surface area contributed by atoms with Gasteiger partial charge in [0.05, 0.1) is 0 Å². The van der Waals surface area contributed by atoms with E-state index in [-0.39, 0.29) is 11.1 Å². The quantitative estimate of drug-likeness (QED) is 0.825. The maximum atomic E-state index is 2.67. The molecular formula is C22H26N+. The van der Waals surface area contributed by atoms with Crippen molar-refractivity contribution >= 4 is 0 Å². The predicted molar refractivity (Wildman–Crippen MR) is 93.3 cm³/mol. The molecule has 1 fully saturated rings. The molecule has 2 heterocycles. The lowest BCUT2D eigenvalue weighted by atomic mass is 9.76. The second kappa shape index (κ2) is 4.08. The fourth-order valence-corrected chi connectivity index (χ4v) is 6.10. The summed E-state index contributed by atoms with van der Waals surface area (Å²) >= 11 is 0. The summed E-state index contributed by atoms with van der Waals surface area (Å²) in [5.74, 6) is 0.839. The van der Waals surface area contributed by atoms with E-state index in [0.29, 0.717) is 5.41 Å². The Morgan fingerprint density at radius 3 is 2.09 bits per heavy atom. The number of fused-ring (bicyclic) bond motifs is 9. The largest absolute Gasteiger partial charge is 0.326 e. The third kappa shape index (κ3) is 1.52. The van der Waals surface area contributed by atoms with Crippen LogP contribution in [0.25, 0.3) is 0 Å². The molecule has 0 saturated heterocycles. The van der Waals surface area contributed by atoms with Crippen molar-refractivity contribution in [2.24, 2.45) is 5.92 Å². The van der Waals surface area contributed by atoms with Gasteiger partial charge in [0, 0.05) is 23.1 Å². The van der Waals surface area contributed by atoms with Crippen molar-refractivity contribution in [2.75, 3.05) is 0 Å². The lowest BCUT2D eigenvalue weighted by molar-refractivity contribution is -0.783. The van der Waals surface area contributed by atoms with Crippen LogP contribution in [-0.2, 0) is 16.5 Å². The molecule has 1 aliphatic carbocycles. The molecule has 4 atom stereocenters. The van der Waals surface area contributed by atoms with Crippen LogP contribution in [0.1, 0.15) is 62.3 Å². The van der Waals surface area contributed by atoms with Gasteiger partial charge in [-0.2, -0.15) is 0 Å². The summed E-state index contributed by atoms with van der Waals surface area (Å²) in [5.41, 5.74) is 7.00. The number of benzene rings is 2. The first-order valence-corrected chi connectivity index (χ1v) is 9.10. The van der Waals surface area contributed by atoms with E-state index in [1.807, 2.05) is 0 Å². The molecule has 2 bridgehead atoms. The molecule has 2 aliphatic heterocycles. The first-order chi connectivity index (χ1) is 11.0. The predicted octanol–water partition coefficient (Wildman–Crippen LogP) is 3.81. The summed E-state index contributed by atoms with van der Waals surface area (Å²) in [5, 5.41) is 2.67. The minimum Gasteiger partial charge on any atom is -0.326 e. The normalized spacial score (nSPS) is 39.7. The van der Waals surface area contributed by atoms with Crippen molar-refractivity contribution in [3.63, 3.8) is 0 Å². The average molecular weight is 304 g/mol. The fraction of sp³-hybridized carbons (Fsp3) is 0.455. The zero-order valence-electron chi connectivity index (χ0n) is 14.4. The van der Waals surface area contributed by atoms with Crippen LogP contribution in [0, 0.1) is 5.92 Å². The summed E-state index contributed by atoms with van der Waals surface area (Å²) < 4.78 is 0. The van der Waals surface area contributed by atoms with Gasteiger partial charge in [0.15, 0.2) is 0 Å². The van der Waals surface area contributed by atoms with Crippen molar-refractivity contribution in [2.45, 2.75) is 56.5 Å². The van der Waals surface area contributed by atoms with E-state index in [0.717, 1.165) is 5.92 Å². The van der Waals surface area contributed by atoms with E-state index in [4.69, 9.17) is 0 Å². The molecule has 0 amide bonds. The van der Waals surface area contributed by atoms with Crippen molar-refractivity contribution in [3.8, 4) is 0 Å². The topological polar surface area (TPSA) is 16.6 Å². The van der Waals surface area contributed by atoms with Crippen molar-refractivity contribution in [1.82, 2.24) is 0 Å². The van der Waals surface area contributed by atoms with Crippen LogP contribution in [0.5, 0.6) is 0 Å². The molecule has 23 heavy (non-hydrogen) atoms. The molecule has 0 aromatic heterocycles. The summed E-state index contributed by atoms with van der Waals surface area (Å²) in [6, 6.07) is 18.5. The number of hydrogen-bond acceptors (Lipinski definition) is 0. The highest BCUT2D eigenvalue weighted by Crippen LogP contribution is 2.64. The zero-order valence-corrected chi connectivity index (χ0v) is 14.4. The van der Waals surface area contributed by atoms with Crippen LogP contribution in [0.15, 0.2) is 48.5 Å². The lowest BCUT2D eigenvalue weighted by Gasteiger charge is -2.35. The molecule has 3 aliphatic rings. The molecule has 4 unspecified atom stereocenters. The Labute approximate surface area is 139 Å². The van der Waals surface area contributed by atoms with Crippen LogP contribution in [-0.4, -0.2) is 0 Å². The van der Waals surface area contributed by atoms with Crippen LogP contribution < -0.4 is 5.32 Å². The monoisotopic (exact) mass is 304 g/mol. The van der Waals surface area contributed by atoms with Gasteiger partial charge in [-0.3, -0.25) is 0 Å². The highest BCUT2D eigenvalue weighted by Gasteiger charge is 2.64. The molecule has 2 N–H and O–H groups in total. The van der Waals surface area contributed by atoms with Gasteiger partial charge in [0.1, 0.15) is 11.1 Å². The fourth-order valence-electron chi connectivity index (χ4n) is 6.10. The van der Waals surface area contributed by atoms with Crippen molar-refractivity contribution < 1.29 is 5.32 Å². The average Bonchev–Trinajstić information content (AvgIpc) is 3.20. The van der Waals surface area contributed by atoms with E-state index in [1.165, 1.54) is 24.8 Å². The Morgan fingerprint density at radius 2 is 1.43 bits per heavy atom. The molecule has 2 aromatic rings. The number of quaternary nitrogens is 1. The second-order valence-corrected chi connectivity index (χ2v) is 8.47. The molecular weight excluding hydrogens is 278 g/mol. The van der Waals surface area contributed by atoms with Gasteiger partial charge in [0.25, 0.3) is 0 Å². The number of hydrogen-bond donors (Lipinski definition) is 1. The number of nitrogens with two attached hydrogens (primary N) is 1. The Bertz CT molecular complexity index is 809. The lowest BCUT2D eigenvalue weighted by Crippen LogP contribution is -2.99. The van der Waals surface area contributed by atoms with Gasteiger partial charge >= 0.3 is 0 Å². The third-order valence-corrected chi connectivity index (χ3v) is 7.27. The Hall–Kier alpha value is -1.60. The molecule has 5 rings (SSSR count). The minimum absolute atomic E-state index is 0.0532. The Balaban J connectivity index is 1.85. The molecule has 1 heteroatoms. The van der Waals surface area contributed by atoms with E-state index >= 15 is 0 Å². The maximum Gasteiger partial charge on any atom is 0.146 e. The smallest absolute Gasteiger partial charge is 0.146 e. The molecule has 118 valence electrons. The van der Waals surface area contributed by atoms with Gasteiger partial charge in [-0.15, -0.1) is 0 Å². The van der Waals surface area contributed by atoms with E-state index in [1.54, 1.807) is 16.7 Å². The van der Waals surface area contributed by atoms with Gasteiger partial charge < -0.3 is 5.32 Å². The summed E-state index contributed by atoms with van der Waals surface area (Å²) in [4.78, 5) is 0. The van der Waals surface area contributed by atoms with Crippen LogP contribution in [0.4, 0.5) is 0 Å². The summed E-state index contributed by atoms with van der Waals surface area (Å²) in [6.07, 6.45) is 3.96. The summed E-state index contributed by atoms with van der Waals surface area (Å²) in [6.45, 7) is 7.31. The Kier molecular flexibility index (Phi) is 2.45. The highest BCUT2D eigenvalue weighted by molar-refractivity contribution is 5.53. The molecule has 2 aromatic carbocycles. The third-order valence-electron chi connectivity index (χ3n) is 7.27. The molecule has 0 radical (unpaired) electrons. The van der Waals surface area contributed by atoms with Crippen LogP contribution in [0.2, 0.25) is 0 Å². The number of rotatable bonds is 1. The SMILES string of the molecule is CCC12CC1CC1(C)[NH2+]C(C)(c3ccccc31)c1ccccc12. The van der Waals surface area contributed by atoms with E-state index in [9.17, 15) is 0 Å². The molecule has 1 nitrogen and oxygen atoms in total. The van der Waals surface area contributed by atoms with Crippen molar-refractivity contribution in [3.05, 3.63) is 70.8 Å². The Morgan fingerprint density at radius 1 is 0.870 bits per heavy atom. The van der Waals surface area contributed by atoms with Crippen LogP contribution in [0.3, 0.4) is 0 Å². The van der Waals surface area contributed by atoms with E-state index in [2.05, 4.69) is 74.6 Å². The maximum absolute atomic E-state index is 2.67. The first-order valence-electron chi connectivity index (χ1n) is 9.10. The van der Waals surface area contributed by atoms with Gasteiger partial charge in [0.2, 0.25) is 0 Å².